The van der Waals surface area contributed by atoms with Crippen molar-refractivity contribution in [3.8, 4) is 0 Å². The molecule has 29 heavy (non-hydrogen) atoms. The molecule has 0 spiro atoms. The van der Waals surface area contributed by atoms with E-state index in [0.717, 1.165) is 36.1 Å². The number of carbonyl (C=O) groups is 1. The fourth-order valence-electron chi connectivity index (χ4n) is 4.72. The summed E-state index contributed by atoms with van der Waals surface area (Å²) in [6, 6.07) is 31.0. The Morgan fingerprint density at radius 1 is 0.862 bits per heavy atom. The maximum atomic E-state index is 12.9. The largest absolute Gasteiger partial charge is 0.308 e. The molecule has 3 aromatic carbocycles. The molecule has 1 aliphatic rings. The Kier molecular flexibility index (Phi) is 5.55. The van der Waals surface area contributed by atoms with Gasteiger partial charge in [-0.3, -0.25) is 9.69 Å². The molecular formula is C26H24N2O. The normalized spacial score (nSPS) is 17.0. The lowest BCUT2D eigenvalue weighted by Gasteiger charge is -2.46. The molecule has 1 heterocycles. The number of carbonyl (C=O) groups excluding carboxylic acids is 1. The first-order valence-electron chi connectivity index (χ1n) is 10.1. The minimum absolute atomic E-state index is 0.0182. The highest BCUT2D eigenvalue weighted by molar-refractivity contribution is 5.87. The molecule has 0 N–H and O–H groups in total. The van der Waals surface area contributed by atoms with E-state index in [-0.39, 0.29) is 18.4 Å². The van der Waals surface area contributed by atoms with E-state index in [1.807, 2.05) is 18.2 Å². The predicted octanol–water partition coefficient (Wildman–Crippen LogP) is 4.93. The molecule has 1 fully saturated rings. The molecule has 1 saturated heterocycles. The van der Waals surface area contributed by atoms with Crippen molar-refractivity contribution < 1.29 is 4.79 Å². The van der Waals surface area contributed by atoms with Crippen LogP contribution in [0.2, 0.25) is 0 Å². The number of hydrogen-bond acceptors (Lipinski definition) is 2. The van der Waals surface area contributed by atoms with Crippen molar-refractivity contribution in [2.45, 2.75) is 24.4 Å². The van der Waals surface area contributed by atoms with Gasteiger partial charge in [0.2, 0.25) is 5.78 Å². The van der Waals surface area contributed by atoms with Crippen LogP contribution in [0.25, 0.3) is 4.85 Å². The van der Waals surface area contributed by atoms with Crippen LogP contribution in [0.15, 0.2) is 91.0 Å². The average molecular weight is 380 g/mol. The van der Waals surface area contributed by atoms with Crippen LogP contribution in [0.1, 0.15) is 29.5 Å². The fourth-order valence-corrected chi connectivity index (χ4v) is 4.72. The zero-order valence-corrected chi connectivity index (χ0v) is 16.4. The van der Waals surface area contributed by atoms with Crippen LogP contribution in [-0.2, 0) is 10.3 Å². The minimum atomic E-state index is -0.581. The van der Waals surface area contributed by atoms with Crippen molar-refractivity contribution in [1.29, 1.82) is 0 Å². The molecule has 0 amide bonds. The second-order valence-electron chi connectivity index (χ2n) is 7.44. The van der Waals surface area contributed by atoms with Gasteiger partial charge in [-0.05, 0) is 29.5 Å². The van der Waals surface area contributed by atoms with Crippen molar-refractivity contribution in [3.63, 3.8) is 0 Å². The lowest BCUT2D eigenvalue weighted by Crippen LogP contribution is -2.53. The smallest absolute Gasteiger partial charge is 0.273 e. The Morgan fingerprint density at radius 3 is 1.72 bits per heavy atom. The molecule has 1 aliphatic heterocycles. The van der Waals surface area contributed by atoms with Crippen molar-refractivity contribution in [1.82, 2.24) is 4.90 Å². The van der Waals surface area contributed by atoms with Crippen LogP contribution >= 0.6 is 0 Å². The topological polar surface area (TPSA) is 24.7 Å². The molecule has 3 nitrogen and oxygen atoms in total. The van der Waals surface area contributed by atoms with Crippen LogP contribution in [0.4, 0.5) is 0 Å². The number of nitrogens with zero attached hydrogens (tertiary/aromatic N) is 2. The first kappa shape index (κ1) is 19.1. The lowest BCUT2D eigenvalue weighted by molar-refractivity contribution is -0.122. The number of rotatable bonds is 6. The van der Waals surface area contributed by atoms with Crippen molar-refractivity contribution >= 4 is 5.78 Å². The maximum Gasteiger partial charge on any atom is 0.273 e. The Balaban J connectivity index is 2.01. The molecule has 0 aromatic heterocycles. The lowest BCUT2D eigenvalue weighted by atomic mass is 9.75. The Labute approximate surface area is 172 Å². The third kappa shape index (κ3) is 3.37. The Morgan fingerprint density at radius 2 is 1.31 bits per heavy atom. The summed E-state index contributed by atoms with van der Waals surface area (Å²) in [5.41, 5.74) is 2.84. The summed E-state index contributed by atoms with van der Waals surface area (Å²) in [6.07, 6.45) is 1.74. The van der Waals surface area contributed by atoms with E-state index in [0.29, 0.717) is 0 Å². The van der Waals surface area contributed by atoms with E-state index in [4.69, 9.17) is 6.57 Å². The van der Waals surface area contributed by atoms with Crippen LogP contribution in [-0.4, -0.2) is 29.8 Å². The van der Waals surface area contributed by atoms with Gasteiger partial charge in [-0.15, -0.1) is 0 Å². The summed E-state index contributed by atoms with van der Waals surface area (Å²) in [4.78, 5) is 18.7. The Hall–Kier alpha value is -3.22. The molecule has 144 valence electrons. The zero-order valence-electron chi connectivity index (χ0n) is 16.4. The van der Waals surface area contributed by atoms with E-state index >= 15 is 0 Å². The number of benzene rings is 3. The zero-order chi connectivity index (χ0) is 20.1. The summed E-state index contributed by atoms with van der Waals surface area (Å²) in [6.45, 7) is 7.95. The minimum Gasteiger partial charge on any atom is -0.308 e. The molecule has 3 heteroatoms. The van der Waals surface area contributed by atoms with Gasteiger partial charge in [0.05, 0.1) is 11.6 Å². The van der Waals surface area contributed by atoms with Gasteiger partial charge in [0.25, 0.3) is 6.54 Å². The van der Waals surface area contributed by atoms with E-state index in [9.17, 15) is 4.79 Å². The molecule has 0 saturated carbocycles. The molecule has 0 radical (unpaired) electrons. The first-order chi connectivity index (χ1) is 14.3. The van der Waals surface area contributed by atoms with Gasteiger partial charge < -0.3 is 4.85 Å². The van der Waals surface area contributed by atoms with Crippen molar-refractivity contribution in [3.05, 3.63) is 119 Å². The van der Waals surface area contributed by atoms with Gasteiger partial charge in [0.15, 0.2) is 0 Å². The van der Waals surface area contributed by atoms with Crippen LogP contribution in [0, 0.1) is 6.57 Å². The van der Waals surface area contributed by atoms with Gasteiger partial charge in [0, 0.05) is 6.54 Å². The van der Waals surface area contributed by atoms with Gasteiger partial charge in [-0.1, -0.05) is 91.0 Å². The summed E-state index contributed by atoms with van der Waals surface area (Å²) in [7, 11) is 0. The second-order valence-corrected chi connectivity index (χ2v) is 7.44. The fraction of sp³-hybridized carbons (Fsp3) is 0.231. The summed E-state index contributed by atoms with van der Waals surface area (Å²) >= 11 is 0. The summed E-state index contributed by atoms with van der Waals surface area (Å²) in [5, 5.41) is 0. The third-order valence-electron chi connectivity index (χ3n) is 5.86. The average Bonchev–Trinajstić information content (AvgIpc) is 3.27. The Bertz CT molecular complexity index is 896. The monoisotopic (exact) mass is 380 g/mol. The van der Waals surface area contributed by atoms with Crippen molar-refractivity contribution in [2.24, 2.45) is 0 Å². The number of ketones is 1. The number of likely N-dealkylation sites (tertiary alicyclic amines) is 1. The standard InChI is InChI=1S/C26H24N2O/c1-27-20-25(29)24-18-11-19-28(24)26(21-12-5-2-6-13-21,22-14-7-3-8-15-22)23-16-9-4-10-17-23/h2-10,12-17,24H,11,18-20H2/t24-/m0/s1. The van der Waals surface area contributed by atoms with Crippen LogP contribution in [0.3, 0.4) is 0 Å². The van der Waals surface area contributed by atoms with E-state index < -0.39 is 5.54 Å². The van der Waals surface area contributed by atoms with E-state index in [1.54, 1.807) is 0 Å². The third-order valence-corrected chi connectivity index (χ3v) is 5.86. The quantitative estimate of drug-likeness (QED) is 0.447. The van der Waals surface area contributed by atoms with Gasteiger partial charge in [-0.2, -0.15) is 0 Å². The number of hydrogen-bond donors (Lipinski definition) is 0. The predicted molar refractivity (Wildman–Crippen MR) is 115 cm³/mol. The van der Waals surface area contributed by atoms with Gasteiger partial charge >= 0.3 is 0 Å². The van der Waals surface area contributed by atoms with Crippen LogP contribution in [0.5, 0.6) is 0 Å². The maximum absolute atomic E-state index is 12.9. The van der Waals surface area contributed by atoms with Gasteiger partial charge in [-0.25, -0.2) is 6.57 Å². The molecule has 0 bridgehead atoms. The number of Topliss-reactive ketones (excluding diaryl/α,β-unsaturated/α-hetero) is 1. The highest BCUT2D eigenvalue weighted by Crippen LogP contribution is 2.45. The molecule has 3 aromatic rings. The summed E-state index contributed by atoms with van der Waals surface area (Å²) < 4.78 is 0. The second kappa shape index (κ2) is 8.43. The summed E-state index contributed by atoms with van der Waals surface area (Å²) in [5.74, 6) is 0.0182. The van der Waals surface area contributed by atoms with E-state index in [2.05, 4.69) is 82.5 Å². The van der Waals surface area contributed by atoms with Gasteiger partial charge in [0.1, 0.15) is 0 Å². The molecule has 4 rings (SSSR count). The molecular weight excluding hydrogens is 356 g/mol. The SMILES string of the molecule is [C-]#[N+]CC(=O)[C@@H]1CCCN1C(c1ccccc1)(c1ccccc1)c1ccccc1. The molecule has 0 aliphatic carbocycles. The first-order valence-corrected chi connectivity index (χ1v) is 10.1. The van der Waals surface area contributed by atoms with Crippen molar-refractivity contribution in [2.75, 3.05) is 13.1 Å². The van der Waals surface area contributed by atoms with E-state index in [1.165, 1.54) is 0 Å². The molecule has 0 unspecified atom stereocenters. The highest BCUT2D eigenvalue weighted by Gasteiger charge is 2.48. The van der Waals surface area contributed by atoms with Crippen LogP contribution < -0.4 is 0 Å². The molecule has 1 atom stereocenters. The highest BCUT2D eigenvalue weighted by atomic mass is 16.1.